The van der Waals surface area contributed by atoms with Gasteiger partial charge in [0.25, 0.3) is 0 Å². The van der Waals surface area contributed by atoms with E-state index < -0.39 is 48.9 Å². The number of amides is 1. The summed E-state index contributed by atoms with van der Waals surface area (Å²) in [5.74, 6) is -1.06. The number of imidazole rings is 1. The van der Waals surface area contributed by atoms with Gasteiger partial charge in [-0.3, -0.25) is 4.57 Å². The van der Waals surface area contributed by atoms with Gasteiger partial charge in [-0.05, 0) is 43.7 Å². The molecule has 0 radical (unpaired) electrons. The average molecular weight is 549 g/mol. The largest absolute Gasteiger partial charge is 0.415 e. The number of aromatic nitrogens is 4. The van der Waals surface area contributed by atoms with Crippen molar-refractivity contribution in [2.24, 2.45) is 5.92 Å². The summed E-state index contributed by atoms with van der Waals surface area (Å²) in [7, 11) is 0. The number of nitrogen functional groups attached to an aromatic ring is 1. The van der Waals surface area contributed by atoms with Gasteiger partial charge in [0, 0.05) is 25.6 Å². The molecule has 210 valence electrons. The smallest absolute Gasteiger partial charge is 0.410 e. The number of piperidine rings is 1. The van der Waals surface area contributed by atoms with Crippen LogP contribution >= 0.6 is 0 Å². The fourth-order valence-corrected chi connectivity index (χ4v) is 5.05. The van der Waals surface area contributed by atoms with Crippen LogP contribution in [0.15, 0.2) is 24.5 Å². The Balaban J connectivity index is 1.14. The molecule has 2 saturated heterocycles. The number of aliphatic hydroxyl groups excluding tert-OH is 3. The lowest BCUT2D eigenvalue weighted by molar-refractivity contribution is -0.0511. The number of nitrogens with zero attached hydrogens (tertiary/aromatic N) is 5. The minimum absolute atomic E-state index is 0.0444. The van der Waals surface area contributed by atoms with Crippen molar-refractivity contribution >= 4 is 23.1 Å². The van der Waals surface area contributed by atoms with Crippen molar-refractivity contribution in [2.75, 3.05) is 25.4 Å². The monoisotopic (exact) mass is 548 g/mol. The molecule has 0 saturated carbocycles. The molecule has 0 aliphatic carbocycles. The van der Waals surface area contributed by atoms with Gasteiger partial charge in [0.1, 0.15) is 35.4 Å². The zero-order chi connectivity index (χ0) is 27.7. The maximum absolute atomic E-state index is 13.4. The maximum Gasteiger partial charge on any atom is 0.415 e. The summed E-state index contributed by atoms with van der Waals surface area (Å²) in [4.78, 5) is 27.1. The van der Waals surface area contributed by atoms with Gasteiger partial charge in [0.15, 0.2) is 29.3 Å². The second-order valence-electron chi connectivity index (χ2n) is 9.84. The molecule has 4 atom stereocenters. The maximum atomic E-state index is 13.4. The fraction of sp³-hybridized carbons (Fsp3) is 0.520. The summed E-state index contributed by atoms with van der Waals surface area (Å²) >= 11 is 0. The van der Waals surface area contributed by atoms with Crippen molar-refractivity contribution in [1.82, 2.24) is 24.4 Å². The molecule has 14 heteroatoms. The van der Waals surface area contributed by atoms with Crippen LogP contribution in [-0.4, -0.2) is 83.8 Å². The van der Waals surface area contributed by atoms with Crippen LogP contribution < -0.4 is 10.5 Å². The Labute approximate surface area is 222 Å². The number of benzene rings is 1. The van der Waals surface area contributed by atoms with Crippen LogP contribution in [0.1, 0.15) is 37.7 Å². The Morgan fingerprint density at radius 2 is 1.92 bits per heavy atom. The number of carbonyl (C=O) groups excluding carboxylic acids is 1. The van der Waals surface area contributed by atoms with Crippen LogP contribution in [0.3, 0.4) is 0 Å². The third-order valence-corrected chi connectivity index (χ3v) is 7.27. The van der Waals surface area contributed by atoms with E-state index in [1.54, 1.807) is 4.90 Å². The molecule has 0 bridgehead atoms. The Morgan fingerprint density at radius 1 is 1.15 bits per heavy atom. The minimum Gasteiger partial charge on any atom is -0.410 e. The molecule has 3 aromatic rings. The van der Waals surface area contributed by atoms with E-state index in [0.717, 1.165) is 37.8 Å². The van der Waals surface area contributed by atoms with E-state index in [4.69, 9.17) is 15.2 Å². The van der Waals surface area contributed by atoms with Gasteiger partial charge in [0.05, 0.1) is 12.9 Å². The Morgan fingerprint density at radius 3 is 2.62 bits per heavy atom. The molecule has 2 aliphatic heterocycles. The Hall–Kier alpha value is -3.46. The Bertz CT molecular complexity index is 1330. The average Bonchev–Trinajstić information content (AvgIpc) is 3.47. The second-order valence-corrected chi connectivity index (χ2v) is 9.84. The van der Waals surface area contributed by atoms with E-state index >= 15 is 0 Å². The molecule has 4 heterocycles. The van der Waals surface area contributed by atoms with Gasteiger partial charge >= 0.3 is 6.09 Å². The fourth-order valence-electron chi connectivity index (χ4n) is 5.05. The first kappa shape index (κ1) is 27.1. The van der Waals surface area contributed by atoms with Crippen LogP contribution in [0.25, 0.3) is 11.2 Å². The van der Waals surface area contributed by atoms with Gasteiger partial charge in [-0.1, -0.05) is 0 Å². The summed E-state index contributed by atoms with van der Waals surface area (Å²) in [5.41, 5.74) is 6.81. The van der Waals surface area contributed by atoms with Crippen molar-refractivity contribution in [3.63, 3.8) is 0 Å². The molecule has 12 nitrogen and oxygen atoms in total. The number of carbonyl (C=O) groups is 1. The number of ether oxygens (including phenoxy) is 2. The normalized spacial score (nSPS) is 24.0. The number of aryl methyl sites for hydroxylation is 1. The summed E-state index contributed by atoms with van der Waals surface area (Å²) in [5, 5.41) is 29.9. The van der Waals surface area contributed by atoms with Crippen LogP contribution in [0, 0.1) is 17.6 Å². The molecule has 5 N–H and O–H groups in total. The van der Waals surface area contributed by atoms with Crippen molar-refractivity contribution in [1.29, 1.82) is 0 Å². The molecule has 1 amide bonds. The lowest BCUT2D eigenvalue weighted by Gasteiger charge is -2.31. The standard InChI is InChI=1S/C25H30F2N6O6/c26-15-5-4-14(10-16(15)27)38-25(37)32-8-6-13(7-9-32)2-1-3-18-30-22(28)19-23(31-18)33(12-29-19)24-21(36)20(35)17(11-34)39-24/h4-5,10,12-13,17,20-21,24,34-36H,1-3,6-9,11H2,(H2,28,30,31)/t17-,20-,21-,24-/m1/s1. The summed E-state index contributed by atoms with van der Waals surface area (Å²) in [6.45, 7) is 0.538. The highest BCUT2D eigenvalue weighted by Crippen LogP contribution is 2.32. The highest BCUT2D eigenvalue weighted by atomic mass is 19.2. The van der Waals surface area contributed by atoms with Gasteiger partial charge in [-0.2, -0.15) is 0 Å². The van der Waals surface area contributed by atoms with E-state index in [0.29, 0.717) is 42.4 Å². The number of fused-ring (bicyclic) bond motifs is 1. The molecule has 39 heavy (non-hydrogen) atoms. The summed E-state index contributed by atoms with van der Waals surface area (Å²) in [6.07, 6.45) is 0.101. The summed E-state index contributed by atoms with van der Waals surface area (Å²) in [6, 6.07) is 2.97. The second kappa shape index (κ2) is 11.3. The zero-order valence-corrected chi connectivity index (χ0v) is 21.0. The Kier molecular flexibility index (Phi) is 7.88. The number of hydrogen-bond donors (Lipinski definition) is 4. The van der Waals surface area contributed by atoms with E-state index in [9.17, 15) is 28.9 Å². The highest BCUT2D eigenvalue weighted by molar-refractivity contribution is 5.81. The van der Waals surface area contributed by atoms with Crippen LogP contribution in [0.4, 0.5) is 19.4 Å². The minimum atomic E-state index is -1.28. The van der Waals surface area contributed by atoms with E-state index in [-0.39, 0.29) is 11.6 Å². The predicted molar refractivity (Wildman–Crippen MR) is 132 cm³/mol. The molecular formula is C25H30F2N6O6. The third-order valence-electron chi connectivity index (χ3n) is 7.27. The van der Waals surface area contributed by atoms with Crippen LogP contribution in [0.5, 0.6) is 5.75 Å². The molecule has 0 spiro atoms. The SMILES string of the molecule is Nc1nc(CCCC2CCN(C(=O)Oc3ccc(F)c(F)c3)CC2)nc2c1ncn2[C@@H]1O[C@H](CO)[C@@H](O)[C@H]1O. The molecular weight excluding hydrogens is 518 g/mol. The van der Waals surface area contributed by atoms with Gasteiger partial charge < -0.3 is 35.4 Å². The first-order chi connectivity index (χ1) is 18.7. The quantitative estimate of drug-likeness (QED) is 0.340. The van der Waals surface area contributed by atoms with E-state index in [1.165, 1.54) is 17.0 Å². The number of halogens is 2. The molecule has 2 aromatic heterocycles. The van der Waals surface area contributed by atoms with Crippen molar-refractivity contribution in [2.45, 2.75) is 56.6 Å². The molecule has 2 aliphatic rings. The predicted octanol–water partition coefficient (Wildman–Crippen LogP) is 1.53. The van der Waals surface area contributed by atoms with Crippen molar-refractivity contribution in [3.05, 3.63) is 42.0 Å². The van der Waals surface area contributed by atoms with E-state index in [2.05, 4.69) is 15.0 Å². The first-order valence-corrected chi connectivity index (χ1v) is 12.8. The number of nitrogens with two attached hydrogens (primary N) is 1. The highest BCUT2D eigenvalue weighted by Gasteiger charge is 2.44. The van der Waals surface area contributed by atoms with Crippen molar-refractivity contribution in [3.8, 4) is 5.75 Å². The van der Waals surface area contributed by atoms with Crippen molar-refractivity contribution < 1.29 is 38.4 Å². The molecule has 1 aromatic carbocycles. The third kappa shape index (κ3) is 5.64. The lowest BCUT2D eigenvalue weighted by Crippen LogP contribution is -2.40. The van der Waals surface area contributed by atoms with Gasteiger partial charge in [-0.25, -0.2) is 28.5 Å². The number of likely N-dealkylation sites (tertiary alicyclic amines) is 1. The van der Waals surface area contributed by atoms with E-state index in [1.807, 2.05) is 0 Å². The topological polar surface area (TPSA) is 169 Å². The summed E-state index contributed by atoms with van der Waals surface area (Å²) < 4.78 is 38.7. The number of anilines is 1. The molecule has 0 unspecified atom stereocenters. The zero-order valence-electron chi connectivity index (χ0n) is 21.0. The van der Waals surface area contributed by atoms with Gasteiger partial charge in [-0.15, -0.1) is 0 Å². The number of hydrogen-bond acceptors (Lipinski definition) is 10. The molecule has 5 rings (SSSR count). The van der Waals surface area contributed by atoms with Gasteiger partial charge in [0.2, 0.25) is 0 Å². The van der Waals surface area contributed by atoms with Crippen LogP contribution in [0.2, 0.25) is 0 Å². The van der Waals surface area contributed by atoms with Crippen LogP contribution in [-0.2, 0) is 11.2 Å². The number of aliphatic hydroxyl groups is 3. The number of rotatable bonds is 7. The molecule has 2 fully saturated rings. The lowest BCUT2D eigenvalue weighted by atomic mass is 9.91. The first-order valence-electron chi connectivity index (χ1n) is 12.8.